The van der Waals surface area contributed by atoms with Crippen LogP contribution in [0.1, 0.15) is 0 Å². The quantitative estimate of drug-likeness (QED) is 0.0421. The van der Waals surface area contributed by atoms with E-state index < -0.39 is 267 Å². The molecule has 0 aliphatic heterocycles. The van der Waals surface area contributed by atoms with Crippen molar-refractivity contribution in [3.8, 4) is 0 Å². The largest absolute Gasteiger partial charge is 0.529 e. The van der Waals surface area contributed by atoms with Crippen molar-refractivity contribution in [2.75, 3.05) is 0 Å². The van der Waals surface area contributed by atoms with Gasteiger partial charge in [-0.15, -0.1) is 87.8 Å². The van der Waals surface area contributed by atoms with Gasteiger partial charge < -0.3 is 0 Å². The van der Waals surface area contributed by atoms with Gasteiger partial charge in [0.25, 0.3) is 0 Å². The highest BCUT2D eigenvalue weighted by Gasteiger charge is 2.99. The van der Waals surface area contributed by atoms with Crippen molar-refractivity contribution in [1.29, 1.82) is 0 Å². The van der Waals surface area contributed by atoms with Gasteiger partial charge in [0.05, 0.1) is 0 Å². The third-order valence-corrected chi connectivity index (χ3v) is 14.3. The van der Waals surface area contributed by atoms with E-state index in [0.29, 0.717) is 56.8 Å². The van der Waals surface area contributed by atoms with Crippen LogP contribution >= 0.6 is 0 Å². The highest BCUT2D eigenvalue weighted by Crippen LogP contribution is 2.71. The Labute approximate surface area is 734 Å². The molecule has 0 aromatic heterocycles. The van der Waals surface area contributed by atoms with Crippen LogP contribution in [-0.4, -0.2) is 267 Å². The SMILES string of the molecule is FC(F)(F)OC(F)(F)OC(F)(F)C(F)(F)C(F)(F)C(F)(F)C(F)(F)OC(F)(F)OC(F)(F)C(F)(F)C(F)(F)C(F)(F)C(F)(F)OC(F)(F)OC(F)(F)C(F)(F)C(F)(F)C(F)(F)C(F)(F)OC(F)(F)OC(F)(F)C(F)(F)C(F)(F)C(F)(F)C(F)(F)OC(F)(F)OC(F)(F)C(F)(F)C(F)(F)C(F)(F)C(F)(F)OC(F)(F)OC(F)(F)C(F)(F)C(F)(F)C(F)(F)C(F)(F)OC(F)(F)OC(F)(F)C(F)(F)C(F)(F)C(F)(F)C(F)(F)OC(F)(F)F. The molecule has 15 nitrogen and oxygen atoms in total. The van der Waals surface area contributed by atoms with Crippen LogP contribution in [0.25, 0.3) is 0 Å². The Morgan fingerprint density at radius 2 is 0.114 bits per heavy atom. The molecule has 0 unspecified atom stereocenters. The number of hydrogen-bond donors (Lipinski definition) is 0. The fourth-order valence-electron chi connectivity index (χ4n) is 7.20. The van der Waals surface area contributed by atoms with E-state index in [9.17, 15) is 395 Å². The highest BCUT2D eigenvalue weighted by atomic mass is 19.5. The van der Waals surface area contributed by atoms with Gasteiger partial charge in [0.2, 0.25) is 0 Å². The van der Waals surface area contributed by atoms with Crippen LogP contribution in [-0.2, 0) is 71.1 Å². The lowest BCUT2D eigenvalue weighted by molar-refractivity contribution is -0.588. The number of halogens is 90. The summed E-state index contributed by atoms with van der Waals surface area (Å²) in [4.78, 5) is 0. The molecule has 149 heavy (non-hydrogen) atoms. The molecule has 0 rings (SSSR count). The molecule has 0 aliphatic rings. The predicted molar refractivity (Wildman–Crippen MR) is 236 cm³/mol. The first-order valence-corrected chi connectivity index (χ1v) is 30.1. The average Bonchev–Trinajstić information content (AvgIpc) is 0.676. The molecule has 0 aromatic rings. The minimum Gasteiger partial charge on any atom is -0.224 e. The van der Waals surface area contributed by atoms with Crippen molar-refractivity contribution in [2.24, 2.45) is 0 Å². The summed E-state index contributed by atoms with van der Waals surface area (Å²) in [5, 5.41) is 0. The van der Waals surface area contributed by atoms with Gasteiger partial charge in [0.15, 0.2) is 0 Å². The molecule has 0 amide bonds. The Balaban J connectivity index is 7.41. The third-order valence-electron chi connectivity index (χ3n) is 14.3. The zero-order chi connectivity index (χ0) is 123. The molecule has 0 saturated carbocycles. The van der Waals surface area contributed by atoms with Crippen molar-refractivity contribution >= 4 is 0 Å². The summed E-state index contributed by atoms with van der Waals surface area (Å²) < 4.78 is 1250. The van der Waals surface area contributed by atoms with Crippen LogP contribution < -0.4 is 0 Å². The Bertz CT molecular complexity index is 4320. The lowest BCUT2D eigenvalue weighted by atomic mass is 10.0. The van der Waals surface area contributed by atoms with Crippen LogP contribution in [0.4, 0.5) is 395 Å². The molecule has 105 heteroatoms. The van der Waals surface area contributed by atoms with E-state index in [2.05, 4.69) is 0 Å². The molecule has 0 heterocycles. The molecule has 896 valence electrons. The first-order chi connectivity index (χ1) is 62.6. The highest BCUT2D eigenvalue weighted by molar-refractivity contribution is 5.12. The average molecular weight is 2480 g/mol. The van der Waals surface area contributed by atoms with Crippen LogP contribution in [0.15, 0.2) is 0 Å². The maximum absolute atomic E-state index is 14.2. The number of rotatable bonds is 56. The van der Waals surface area contributed by atoms with Crippen LogP contribution in [0.5, 0.6) is 0 Å². The normalized spacial score (nSPS) is 17.2. The van der Waals surface area contributed by atoms with Gasteiger partial charge in [-0.05, 0) is 0 Å². The lowest BCUT2D eigenvalue weighted by Crippen LogP contribution is -2.71. The molecular formula is C44F90O15. The van der Waals surface area contributed by atoms with Gasteiger partial charge in [0.1, 0.15) is 0 Å². The van der Waals surface area contributed by atoms with E-state index in [0.717, 1.165) is 14.2 Å². The molecule has 0 saturated heterocycles. The van der Waals surface area contributed by atoms with E-state index in [-0.39, 0.29) is 0 Å². The maximum Gasteiger partial charge on any atom is 0.529 e. The third kappa shape index (κ3) is 24.3. The number of alkyl halides is 90. The van der Waals surface area contributed by atoms with Crippen LogP contribution in [0.2, 0.25) is 0 Å². The Morgan fingerprint density at radius 1 is 0.0604 bits per heavy atom. The first kappa shape index (κ1) is 142. The van der Waals surface area contributed by atoms with Gasteiger partial charge in [0, 0.05) is 0 Å². The van der Waals surface area contributed by atoms with Crippen molar-refractivity contribution in [3.05, 3.63) is 0 Å². The van der Waals surface area contributed by atoms with E-state index in [1.165, 1.54) is 0 Å². The minimum absolute atomic E-state index is 0.412. The van der Waals surface area contributed by atoms with Gasteiger partial charge in [-0.25, -0.2) is 66.3 Å². The summed E-state index contributed by atoms with van der Waals surface area (Å²) in [7, 11) is 0. The second kappa shape index (κ2) is 37.4. The van der Waals surface area contributed by atoms with Crippen LogP contribution in [0, 0.1) is 0 Å². The summed E-state index contributed by atoms with van der Waals surface area (Å²) in [6, 6.07) is 0. The summed E-state index contributed by atoms with van der Waals surface area (Å²) in [6.45, 7) is 0. The molecule has 0 aliphatic carbocycles. The lowest BCUT2D eigenvalue weighted by Gasteiger charge is -2.41. The van der Waals surface area contributed by atoms with Crippen molar-refractivity contribution in [2.45, 2.75) is 267 Å². The molecule has 0 N–H and O–H groups in total. The summed E-state index contributed by atoms with van der Waals surface area (Å²) in [6.07, 6.45) is -212. The molecule has 0 atom stereocenters. The smallest absolute Gasteiger partial charge is 0.224 e. The fourth-order valence-corrected chi connectivity index (χ4v) is 7.20. The molecular weight excluding hydrogens is 2480 g/mol. The van der Waals surface area contributed by atoms with Crippen LogP contribution in [0.3, 0.4) is 0 Å². The van der Waals surface area contributed by atoms with Gasteiger partial charge in [-0.1, -0.05) is 0 Å². The first-order valence-electron chi connectivity index (χ1n) is 30.1. The van der Waals surface area contributed by atoms with Crippen molar-refractivity contribution in [3.63, 3.8) is 0 Å². The topological polar surface area (TPSA) is 138 Å². The monoisotopic (exact) mass is 2480 g/mol. The second-order valence-electron chi connectivity index (χ2n) is 25.0. The van der Waals surface area contributed by atoms with E-state index >= 15 is 0 Å². The zero-order valence-corrected chi connectivity index (χ0v) is 62.1. The fraction of sp³-hybridized carbons (Fsp3) is 1.00. The second-order valence-corrected chi connectivity index (χ2v) is 25.0. The van der Waals surface area contributed by atoms with Gasteiger partial charge in [-0.3, -0.25) is 0 Å². The predicted octanol–water partition coefficient (Wildman–Crippen LogP) is 27.8. The number of ether oxygens (including phenoxy) is 15. The van der Waals surface area contributed by atoms with Gasteiger partial charge in [-0.2, -0.15) is 312 Å². The van der Waals surface area contributed by atoms with E-state index in [1.807, 2.05) is 0 Å². The molecule has 0 bridgehead atoms. The van der Waals surface area contributed by atoms with E-state index in [1.54, 1.807) is 0 Å². The minimum atomic E-state index is -10.4. The number of hydrogen-bond acceptors (Lipinski definition) is 15. The summed E-state index contributed by atoms with van der Waals surface area (Å²) in [5.74, 6) is -209. The summed E-state index contributed by atoms with van der Waals surface area (Å²) >= 11 is 0. The Hall–Kier alpha value is -6.90. The van der Waals surface area contributed by atoms with Crippen molar-refractivity contribution in [1.82, 2.24) is 0 Å². The maximum atomic E-state index is 14.2. The molecule has 0 spiro atoms. The van der Waals surface area contributed by atoms with Crippen molar-refractivity contribution < 1.29 is 466 Å². The molecule has 0 fully saturated rings. The van der Waals surface area contributed by atoms with E-state index in [4.69, 9.17) is 0 Å². The zero-order valence-electron chi connectivity index (χ0n) is 62.1. The molecule has 0 radical (unpaired) electrons. The Morgan fingerprint density at radius 3 is 0.174 bits per heavy atom. The Kier molecular flexibility index (Phi) is 35.7. The van der Waals surface area contributed by atoms with Gasteiger partial charge >= 0.3 is 267 Å². The molecule has 0 aromatic carbocycles. The standard InChI is InChI=1S/C44F90O15/c45-1(46,8(59,60)22(87,88)135-36(115,116)117)9(61,62)23(89,90)136-38(121,122)137-24(91,92)10(63,64)2(47,48)11(65,66)25(93,94)138-39(123,124)139-26(95,96)12(67,68)3(49,50)13(69,70)27(97,98)140-40(125,126)141-28(99,100)14(71,72)4(51,52)15(73,74)29(101,102)142-41(127,128)143-30(103,104)16(75,76)5(53,54)17(77,78)31(105,106)144-42(129,130)145-32(107,108)18(79,80)6(55,56)19(81,82)33(109,110)146-43(131,132)147-34(111,112)20(83,84)7(57,58)21(85,86)35(113,114)148-44(133,134)149-37(118,119)120. The summed E-state index contributed by atoms with van der Waals surface area (Å²) in [5.41, 5.74) is 0.